The summed E-state index contributed by atoms with van der Waals surface area (Å²) in [7, 11) is 0. The van der Waals surface area contributed by atoms with Crippen molar-refractivity contribution in [2.75, 3.05) is 13.2 Å². The van der Waals surface area contributed by atoms with E-state index < -0.39 is 0 Å². The lowest BCUT2D eigenvalue weighted by atomic mass is 9.97. The van der Waals surface area contributed by atoms with Crippen molar-refractivity contribution in [3.63, 3.8) is 0 Å². The van der Waals surface area contributed by atoms with Crippen LogP contribution in [0.4, 0.5) is 0 Å². The molecule has 0 bridgehead atoms. The van der Waals surface area contributed by atoms with Crippen molar-refractivity contribution in [1.29, 1.82) is 0 Å². The van der Waals surface area contributed by atoms with Gasteiger partial charge >= 0.3 is 0 Å². The van der Waals surface area contributed by atoms with Crippen molar-refractivity contribution < 1.29 is 9.84 Å². The Hall–Kier alpha value is -0.540. The lowest BCUT2D eigenvalue weighted by Gasteiger charge is -2.23. The molecule has 13 heavy (non-hydrogen) atoms. The van der Waals surface area contributed by atoms with Crippen LogP contribution in [0, 0.1) is 0 Å². The van der Waals surface area contributed by atoms with E-state index in [0.717, 1.165) is 38.0 Å². The van der Waals surface area contributed by atoms with Crippen LogP contribution in [-0.4, -0.2) is 30.4 Å². The van der Waals surface area contributed by atoms with Crippen molar-refractivity contribution >= 4 is 0 Å². The van der Waals surface area contributed by atoms with E-state index in [1.807, 2.05) is 0 Å². The average molecular weight is 183 g/mol. The fourth-order valence-corrected chi connectivity index (χ4v) is 2.04. The van der Waals surface area contributed by atoms with Gasteiger partial charge in [-0.3, -0.25) is 0 Å². The molecule has 0 aromatic carbocycles. The molecule has 1 saturated heterocycles. The summed E-state index contributed by atoms with van der Waals surface area (Å²) in [6.07, 6.45) is 5.69. The topological polar surface area (TPSA) is 41.5 Å². The number of aliphatic hydroxyl groups is 1. The summed E-state index contributed by atoms with van der Waals surface area (Å²) in [5, 5.41) is 13.3. The monoisotopic (exact) mass is 183 g/mol. The fourth-order valence-electron chi connectivity index (χ4n) is 2.04. The number of hydrogen-bond acceptors (Lipinski definition) is 3. The van der Waals surface area contributed by atoms with Gasteiger partial charge in [0.1, 0.15) is 0 Å². The number of nitrogens with one attached hydrogen (secondary N) is 1. The minimum absolute atomic E-state index is 0.257. The molecule has 1 fully saturated rings. The largest absolute Gasteiger partial charge is 0.501 e. The van der Waals surface area contributed by atoms with Crippen LogP contribution in [0.5, 0.6) is 0 Å². The maximum Gasteiger partial charge on any atom is 0.0935 e. The molecule has 0 saturated carbocycles. The van der Waals surface area contributed by atoms with E-state index in [9.17, 15) is 5.11 Å². The summed E-state index contributed by atoms with van der Waals surface area (Å²) in [6.45, 7) is 1.84. The maximum atomic E-state index is 9.96. The zero-order valence-electron chi connectivity index (χ0n) is 7.83. The Balaban J connectivity index is 1.94. The van der Waals surface area contributed by atoms with E-state index in [0.29, 0.717) is 0 Å². The van der Waals surface area contributed by atoms with E-state index in [1.54, 1.807) is 6.26 Å². The molecule has 0 spiro atoms. The van der Waals surface area contributed by atoms with Gasteiger partial charge in [0, 0.05) is 6.04 Å². The second-order valence-corrected chi connectivity index (χ2v) is 3.81. The Bertz CT molecular complexity index is 197. The Kier molecular flexibility index (Phi) is 2.86. The van der Waals surface area contributed by atoms with Gasteiger partial charge in [-0.15, -0.1) is 0 Å². The van der Waals surface area contributed by atoms with Crippen molar-refractivity contribution in [2.45, 2.75) is 37.8 Å². The molecule has 2 aliphatic heterocycles. The first-order valence-electron chi connectivity index (χ1n) is 5.10. The molecule has 2 rings (SSSR count). The molecule has 2 aliphatic rings. The molecule has 0 aromatic rings. The summed E-state index contributed by atoms with van der Waals surface area (Å²) in [4.78, 5) is 0. The van der Waals surface area contributed by atoms with Crippen LogP contribution >= 0.6 is 0 Å². The zero-order chi connectivity index (χ0) is 9.10. The molecule has 0 radical (unpaired) electrons. The maximum absolute atomic E-state index is 9.96. The molecule has 74 valence electrons. The van der Waals surface area contributed by atoms with Crippen molar-refractivity contribution in [2.24, 2.45) is 0 Å². The highest BCUT2D eigenvalue weighted by Gasteiger charge is 2.26. The third-order valence-corrected chi connectivity index (χ3v) is 2.82. The molecule has 3 heteroatoms. The van der Waals surface area contributed by atoms with Crippen LogP contribution in [0.25, 0.3) is 0 Å². The molecule has 3 nitrogen and oxygen atoms in total. The van der Waals surface area contributed by atoms with Gasteiger partial charge in [-0.05, 0) is 37.8 Å². The number of ether oxygens (including phenoxy) is 1. The highest BCUT2D eigenvalue weighted by molar-refractivity contribution is 5.11. The predicted octanol–water partition coefficient (Wildman–Crippen LogP) is 0.794. The molecule has 0 amide bonds. The van der Waals surface area contributed by atoms with Crippen LogP contribution in [0.3, 0.4) is 0 Å². The standard InChI is InChI=1S/C10H17NO2/c12-10(9-4-1-5-11-9)8-3-2-6-13-7-8/h7,9-12H,1-6H2/t9-,10?/m1/s1. The first-order valence-corrected chi connectivity index (χ1v) is 5.10. The Morgan fingerprint density at radius 3 is 3.08 bits per heavy atom. The van der Waals surface area contributed by atoms with E-state index in [4.69, 9.17) is 4.74 Å². The molecule has 2 N–H and O–H groups in total. The van der Waals surface area contributed by atoms with Crippen LogP contribution in [0.15, 0.2) is 11.8 Å². The Morgan fingerprint density at radius 2 is 2.46 bits per heavy atom. The molecule has 0 aromatic heterocycles. The molecule has 0 aliphatic carbocycles. The van der Waals surface area contributed by atoms with E-state index in [2.05, 4.69) is 5.32 Å². The fraction of sp³-hybridized carbons (Fsp3) is 0.800. The summed E-state index contributed by atoms with van der Waals surface area (Å²) < 4.78 is 5.21. The van der Waals surface area contributed by atoms with Crippen LogP contribution in [0.1, 0.15) is 25.7 Å². The minimum Gasteiger partial charge on any atom is -0.501 e. The van der Waals surface area contributed by atoms with Crippen LogP contribution in [-0.2, 0) is 4.74 Å². The van der Waals surface area contributed by atoms with E-state index in [-0.39, 0.29) is 12.1 Å². The minimum atomic E-state index is -0.331. The van der Waals surface area contributed by atoms with Gasteiger partial charge in [0.2, 0.25) is 0 Å². The summed E-state index contributed by atoms with van der Waals surface area (Å²) in [5.41, 5.74) is 1.06. The zero-order valence-corrected chi connectivity index (χ0v) is 7.83. The summed E-state index contributed by atoms with van der Waals surface area (Å²) in [6, 6.07) is 0.257. The highest BCUT2D eigenvalue weighted by Crippen LogP contribution is 2.21. The molecular formula is C10H17NO2. The van der Waals surface area contributed by atoms with Gasteiger partial charge in [0.15, 0.2) is 0 Å². The third kappa shape index (κ3) is 2.03. The van der Waals surface area contributed by atoms with Gasteiger partial charge in [0.25, 0.3) is 0 Å². The quantitative estimate of drug-likeness (QED) is 0.665. The Labute approximate surface area is 78.8 Å². The van der Waals surface area contributed by atoms with Gasteiger partial charge in [-0.25, -0.2) is 0 Å². The smallest absolute Gasteiger partial charge is 0.0935 e. The molecular weight excluding hydrogens is 166 g/mol. The number of aliphatic hydroxyl groups excluding tert-OH is 1. The van der Waals surface area contributed by atoms with Crippen LogP contribution < -0.4 is 5.32 Å². The van der Waals surface area contributed by atoms with Crippen molar-refractivity contribution in [1.82, 2.24) is 5.32 Å². The van der Waals surface area contributed by atoms with E-state index >= 15 is 0 Å². The highest BCUT2D eigenvalue weighted by atomic mass is 16.5. The Morgan fingerprint density at radius 1 is 1.54 bits per heavy atom. The average Bonchev–Trinajstić information content (AvgIpc) is 2.71. The lowest BCUT2D eigenvalue weighted by molar-refractivity contribution is 0.142. The lowest BCUT2D eigenvalue weighted by Crippen LogP contribution is -2.36. The van der Waals surface area contributed by atoms with Gasteiger partial charge in [0.05, 0.1) is 19.0 Å². The molecule has 2 heterocycles. The predicted molar refractivity (Wildman–Crippen MR) is 50.3 cm³/mol. The van der Waals surface area contributed by atoms with Gasteiger partial charge < -0.3 is 15.2 Å². The second kappa shape index (κ2) is 4.11. The van der Waals surface area contributed by atoms with Crippen molar-refractivity contribution in [3.8, 4) is 0 Å². The second-order valence-electron chi connectivity index (χ2n) is 3.81. The SMILES string of the molecule is OC(C1=COCCC1)[C@H]1CCCN1. The third-order valence-electron chi connectivity index (χ3n) is 2.82. The van der Waals surface area contributed by atoms with E-state index in [1.165, 1.54) is 6.42 Å². The number of rotatable bonds is 2. The summed E-state index contributed by atoms with van der Waals surface area (Å²) in [5.74, 6) is 0. The number of hydrogen-bond donors (Lipinski definition) is 2. The normalized spacial score (nSPS) is 30.8. The molecule has 1 unspecified atom stereocenters. The van der Waals surface area contributed by atoms with Crippen LogP contribution in [0.2, 0.25) is 0 Å². The summed E-state index contributed by atoms with van der Waals surface area (Å²) >= 11 is 0. The van der Waals surface area contributed by atoms with Gasteiger partial charge in [-0.1, -0.05) is 0 Å². The first-order chi connectivity index (χ1) is 6.38. The van der Waals surface area contributed by atoms with Gasteiger partial charge in [-0.2, -0.15) is 0 Å². The van der Waals surface area contributed by atoms with Crippen molar-refractivity contribution in [3.05, 3.63) is 11.8 Å². The molecule has 2 atom stereocenters. The first kappa shape index (κ1) is 9.03.